The predicted molar refractivity (Wildman–Crippen MR) is 112 cm³/mol. The second-order valence-electron chi connectivity index (χ2n) is 6.82. The van der Waals surface area contributed by atoms with Crippen LogP contribution in [0.15, 0.2) is 42.6 Å². The van der Waals surface area contributed by atoms with Gasteiger partial charge in [0, 0.05) is 32.4 Å². The minimum Gasteiger partial charge on any atom is -0.388 e. The van der Waals surface area contributed by atoms with Crippen molar-refractivity contribution in [2.24, 2.45) is 5.92 Å². The van der Waals surface area contributed by atoms with E-state index in [1.165, 1.54) is 6.20 Å². The van der Waals surface area contributed by atoms with Crippen molar-refractivity contribution in [1.29, 1.82) is 0 Å². The Balaban J connectivity index is 1.38. The molecule has 1 atom stereocenters. The number of hydrogen-bond donors (Lipinski definition) is 3. The highest BCUT2D eigenvalue weighted by atomic mass is 35.5. The first-order chi connectivity index (χ1) is 13.5. The number of hydrogen-bond acceptors (Lipinski definition) is 4. The van der Waals surface area contributed by atoms with Gasteiger partial charge in [0.2, 0.25) is 0 Å². The number of nitrogens with one attached hydrogen (secondary N) is 2. The molecular weight excluding hydrogens is 399 g/mol. The summed E-state index contributed by atoms with van der Waals surface area (Å²) in [4.78, 5) is 18.2. The number of anilines is 1. The molecule has 2 aromatic rings. The number of benzene rings is 1. The van der Waals surface area contributed by atoms with Crippen molar-refractivity contribution < 1.29 is 9.90 Å². The van der Waals surface area contributed by atoms with Crippen LogP contribution in [0.25, 0.3) is 0 Å². The maximum atomic E-state index is 12.3. The van der Waals surface area contributed by atoms with Crippen molar-refractivity contribution in [2.75, 3.05) is 31.5 Å². The second-order valence-corrected chi connectivity index (χ2v) is 7.67. The molecule has 8 heteroatoms. The third-order valence-electron chi connectivity index (χ3n) is 4.92. The molecule has 2 amide bonds. The lowest BCUT2D eigenvalue weighted by Gasteiger charge is -2.34. The van der Waals surface area contributed by atoms with Crippen molar-refractivity contribution in [3.63, 3.8) is 0 Å². The summed E-state index contributed by atoms with van der Waals surface area (Å²) in [5.41, 5.74) is 0.936. The first kappa shape index (κ1) is 20.7. The molecule has 6 nitrogen and oxygen atoms in total. The van der Waals surface area contributed by atoms with Gasteiger partial charge in [-0.25, -0.2) is 9.78 Å². The highest BCUT2D eigenvalue weighted by Gasteiger charge is 2.28. The van der Waals surface area contributed by atoms with Crippen molar-refractivity contribution in [3.8, 4) is 0 Å². The summed E-state index contributed by atoms with van der Waals surface area (Å²) >= 11 is 11.9. The normalized spacial score (nSPS) is 15.9. The maximum Gasteiger partial charge on any atom is 0.317 e. The van der Waals surface area contributed by atoms with Gasteiger partial charge in [-0.3, -0.25) is 0 Å². The molecule has 1 aliphatic heterocycles. The van der Waals surface area contributed by atoms with E-state index in [9.17, 15) is 9.90 Å². The summed E-state index contributed by atoms with van der Waals surface area (Å²) in [5.74, 6) is 0.710. The van der Waals surface area contributed by atoms with Crippen molar-refractivity contribution >= 4 is 35.1 Å². The molecule has 3 rings (SSSR count). The highest BCUT2D eigenvalue weighted by Crippen LogP contribution is 2.30. The fourth-order valence-corrected chi connectivity index (χ4v) is 3.79. The quantitative estimate of drug-likeness (QED) is 0.615. The van der Waals surface area contributed by atoms with Crippen LogP contribution in [0.2, 0.25) is 10.0 Å². The topological polar surface area (TPSA) is 77.5 Å². The third-order valence-corrected chi connectivity index (χ3v) is 5.41. The third kappa shape index (κ3) is 5.50. The van der Waals surface area contributed by atoms with E-state index in [1.807, 2.05) is 30.3 Å². The minimum atomic E-state index is -0.479. The summed E-state index contributed by atoms with van der Waals surface area (Å²) in [6.45, 7) is 2.23. The SMILES string of the molecule is O=C(NCCNc1ncc(Cl)cc1Cl)N1CCC(C(O)c2ccccc2)CC1. The molecule has 1 aromatic heterocycles. The molecule has 2 heterocycles. The minimum absolute atomic E-state index is 0.0930. The zero-order chi connectivity index (χ0) is 19.9. The van der Waals surface area contributed by atoms with Gasteiger partial charge >= 0.3 is 6.03 Å². The number of piperidine rings is 1. The summed E-state index contributed by atoms with van der Waals surface area (Å²) in [6, 6.07) is 11.2. The van der Waals surface area contributed by atoms with E-state index in [0.717, 1.165) is 18.4 Å². The van der Waals surface area contributed by atoms with Gasteiger partial charge in [-0.05, 0) is 30.4 Å². The summed E-state index contributed by atoms with van der Waals surface area (Å²) in [6.07, 6.45) is 2.60. The van der Waals surface area contributed by atoms with E-state index in [1.54, 1.807) is 11.0 Å². The molecule has 3 N–H and O–H groups in total. The molecule has 0 spiro atoms. The van der Waals surface area contributed by atoms with Gasteiger partial charge in [0.25, 0.3) is 0 Å². The number of rotatable bonds is 6. The number of amides is 2. The number of aliphatic hydroxyl groups excluding tert-OH is 1. The molecule has 28 heavy (non-hydrogen) atoms. The molecule has 0 aliphatic carbocycles. The zero-order valence-corrected chi connectivity index (χ0v) is 17.0. The summed E-state index contributed by atoms with van der Waals surface area (Å²) < 4.78 is 0. The van der Waals surface area contributed by atoms with Crippen LogP contribution < -0.4 is 10.6 Å². The monoisotopic (exact) mass is 422 g/mol. The lowest BCUT2D eigenvalue weighted by molar-refractivity contribution is 0.0666. The van der Waals surface area contributed by atoms with Crippen LogP contribution in [-0.4, -0.2) is 47.2 Å². The molecule has 1 fully saturated rings. The van der Waals surface area contributed by atoms with Gasteiger partial charge in [0.15, 0.2) is 0 Å². The van der Waals surface area contributed by atoms with Crippen LogP contribution in [0, 0.1) is 5.92 Å². The van der Waals surface area contributed by atoms with Crippen LogP contribution in [0.4, 0.5) is 10.6 Å². The first-order valence-corrected chi connectivity index (χ1v) is 10.1. The number of carbonyl (C=O) groups excluding carboxylic acids is 1. The summed E-state index contributed by atoms with van der Waals surface area (Å²) in [5, 5.41) is 17.4. The predicted octanol–water partition coefficient (Wildman–Crippen LogP) is 3.96. The molecule has 1 unspecified atom stereocenters. The number of pyridine rings is 1. The molecule has 150 valence electrons. The Hall–Kier alpha value is -2.02. The van der Waals surface area contributed by atoms with E-state index in [0.29, 0.717) is 42.0 Å². The van der Waals surface area contributed by atoms with Gasteiger partial charge in [0.05, 0.1) is 16.1 Å². The summed E-state index contributed by atoms with van der Waals surface area (Å²) in [7, 11) is 0. The Morgan fingerprint density at radius 2 is 1.93 bits per heavy atom. The van der Waals surface area contributed by atoms with Gasteiger partial charge in [-0.15, -0.1) is 0 Å². The second kappa shape index (κ2) is 9.96. The standard InChI is InChI=1S/C20H24Cl2N4O2/c21-16-12-17(22)19(25-13-16)23-8-9-24-20(28)26-10-6-15(7-11-26)18(27)14-4-2-1-3-5-14/h1-5,12-13,15,18,27H,6-11H2,(H,23,25)(H,24,28). The Kier molecular flexibility index (Phi) is 7.36. The van der Waals surface area contributed by atoms with E-state index in [4.69, 9.17) is 23.2 Å². The van der Waals surface area contributed by atoms with Crippen molar-refractivity contribution in [2.45, 2.75) is 18.9 Å². The molecule has 1 saturated heterocycles. The number of carbonyl (C=O) groups is 1. The Labute approximate surface area is 174 Å². The Bertz CT molecular complexity index is 783. The molecule has 0 radical (unpaired) electrons. The van der Waals surface area contributed by atoms with Crippen LogP contribution >= 0.6 is 23.2 Å². The van der Waals surface area contributed by atoms with E-state index in [-0.39, 0.29) is 11.9 Å². The smallest absolute Gasteiger partial charge is 0.317 e. The zero-order valence-electron chi connectivity index (χ0n) is 15.4. The Morgan fingerprint density at radius 1 is 1.21 bits per heavy atom. The molecule has 1 aliphatic rings. The Morgan fingerprint density at radius 3 is 2.61 bits per heavy atom. The molecule has 0 bridgehead atoms. The van der Waals surface area contributed by atoms with E-state index >= 15 is 0 Å². The first-order valence-electron chi connectivity index (χ1n) is 9.35. The van der Waals surface area contributed by atoms with E-state index in [2.05, 4.69) is 15.6 Å². The van der Waals surface area contributed by atoms with Gasteiger partial charge in [0.1, 0.15) is 5.82 Å². The van der Waals surface area contributed by atoms with Gasteiger partial charge < -0.3 is 20.6 Å². The molecule has 0 saturated carbocycles. The number of nitrogens with zero attached hydrogens (tertiary/aromatic N) is 2. The number of aliphatic hydroxyl groups is 1. The number of halogens is 2. The van der Waals surface area contributed by atoms with E-state index < -0.39 is 6.10 Å². The number of urea groups is 1. The van der Waals surface area contributed by atoms with Crippen molar-refractivity contribution in [3.05, 3.63) is 58.2 Å². The fraction of sp³-hybridized carbons (Fsp3) is 0.400. The molecule has 1 aromatic carbocycles. The average molecular weight is 423 g/mol. The fourth-order valence-electron chi connectivity index (χ4n) is 3.35. The van der Waals surface area contributed by atoms with Crippen LogP contribution in [-0.2, 0) is 0 Å². The average Bonchev–Trinajstić information content (AvgIpc) is 2.72. The highest BCUT2D eigenvalue weighted by molar-refractivity contribution is 6.35. The lowest BCUT2D eigenvalue weighted by atomic mass is 9.87. The van der Waals surface area contributed by atoms with Gasteiger partial charge in [-0.1, -0.05) is 53.5 Å². The maximum absolute atomic E-state index is 12.3. The molecular formula is C20H24Cl2N4O2. The van der Waals surface area contributed by atoms with Crippen LogP contribution in [0.3, 0.4) is 0 Å². The largest absolute Gasteiger partial charge is 0.388 e. The number of likely N-dealkylation sites (tertiary alicyclic amines) is 1. The van der Waals surface area contributed by atoms with Crippen LogP contribution in [0.5, 0.6) is 0 Å². The lowest BCUT2D eigenvalue weighted by Crippen LogP contribution is -2.46. The van der Waals surface area contributed by atoms with Crippen molar-refractivity contribution in [1.82, 2.24) is 15.2 Å². The number of aromatic nitrogens is 1. The van der Waals surface area contributed by atoms with Gasteiger partial charge in [-0.2, -0.15) is 0 Å². The van der Waals surface area contributed by atoms with Crippen LogP contribution in [0.1, 0.15) is 24.5 Å².